The lowest BCUT2D eigenvalue weighted by molar-refractivity contribution is -0.124. The Balaban J connectivity index is 2.06. The first-order valence-electron chi connectivity index (χ1n) is 10.5. The van der Waals surface area contributed by atoms with Crippen molar-refractivity contribution < 1.29 is 23.8 Å². The summed E-state index contributed by atoms with van der Waals surface area (Å²) in [5, 5.41) is 6.19. The molecule has 0 fully saturated rings. The Kier molecular flexibility index (Phi) is 9.38. The second-order valence-corrected chi connectivity index (χ2v) is 8.92. The molecule has 174 valence electrons. The van der Waals surface area contributed by atoms with E-state index in [1.807, 2.05) is 45.9 Å². The predicted molar refractivity (Wildman–Crippen MR) is 128 cm³/mol. The number of esters is 1. The van der Waals surface area contributed by atoms with Crippen LogP contribution in [0.5, 0.6) is 11.5 Å². The number of carbonyl (C=O) groups excluding carboxylic acids is 2. The number of carbonyl (C=O) groups is 2. The van der Waals surface area contributed by atoms with Crippen molar-refractivity contribution >= 4 is 33.5 Å². The van der Waals surface area contributed by atoms with Gasteiger partial charge in [-0.3, -0.25) is 4.79 Å². The van der Waals surface area contributed by atoms with Crippen molar-refractivity contribution in [3.63, 3.8) is 0 Å². The smallest absolute Gasteiger partial charge is 0.338 e. The van der Waals surface area contributed by atoms with Gasteiger partial charge < -0.3 is 24.8 Å². The van der Waals surface area contributed by atoms with Gasteiger partial charge in [-0.05, 0) is 76.6 Å². The van der Waals surface area contributed by atoms with E-state index in [0.717, 1.165) is 15.7 Å². The normalized spacial score (nSPS) is 10.9. The van der Waals surface area contributed by atoms with Gasteiger partial charge in [0.2, 0.25) is 0 Å². The molecular weight excluding hydrogens is 476 g/mol. The van der Waals surface area contributed by atoms with Crippen molar-refractivity contribution in [1.29, 1.82) is 0 Å². The van der Waals surface area contributed by atoms with Gasteiger partial charge in [-0.2, -0.15) is 0 Å². The number of halogens is 1. The van der Waals surface area contributed by atoms with Gasteiger partial charge in [0.15, 0.2) is 18.1 Å². The van der Waals surface area contributed by atoms with E-state index in [1.54, 1.807) is 25.1 Å². The highest BCUT2D eigenvalue weighted by molar-refractivity contribution is 9.10. The standard InChI is InChI=1S/C24H31BrN2O5/c1-6-30-20-12-17(14-26-18-10-8-16(9-11-18)23(29)31-7-2)19(25)13-21(20)32-15-22(28)27-24(3,4)5/h8-13,26H,6-7,14-15H2,1-5H3,(H,27,28). The summed E-state index contributed by atoms with van der Waals surface area (Å²) in [6.45, 7) is 10.6. The van der Waals surface area contributed by atoms with Crippen LogP contribution in [0.15, 0.2) is 40.9 Å². The molecule has 0 aromatic heterocycles. The van der Waals surface area contributed by atoms with Crippen LogP contribution in [-0.4, -0.2) is 37.2 Å². The molecule has 0 aliphatic rings. The average Bonchev–Trinajstić information content (AvgIpc) is 2.72. The van der Waals surface area contributed by atoms with Crippen LogP contribution in [0.3, 0.4) is 0 Å². The molecule has 0 saturated heterocycles. The van der Waals surface area contributed by atoms with Crippen molar-refractivity contribution in [3.8, 4) is 11.5 Å². The number of nitrogens with one attached hydrogen (secondary N) is 2. The lowest BCUT2D eigenvalue weighted by Gasteiger charge is -2.21. The molecule has 0 saturated carbocycles. The zero-order chi connectivity index (χ0) is 23.7. The molecule has 2 aromatic carbocycles. The third kappa shape index (κ3) is 8.07. The molecule has 2 aromatic rings. The van der Waals surface area contributed by atoms with Gasteiger partial charge >= 0.3 is 5.97 Å². The lowest BCUT2D eigenvalue weighted by atomic mass is 10.1. The number of ether oxygens (including phenoxy) is 3. The van der Waals surface area contributed by atoms with Crippen LogP contribution in [0.2, 0.25) is 0 Å². The fourth-order valence-electron chi connectivity index (χ4n) is 2.83. The molecule has 32 heavy (non-hydrogen) atoms. The molecule has 2 N–H and O–H groups in total. The van der Waals surface area contributed by atoms with E-state index < -0.39 is 0 Å². The minimum atomic E-state index is -0.338. The van der Waals surface area contributed by atoms with Gasteiger partial charge in [0.25, 0.3) is 5.91 Å². The number of hydrogen-bond acceptors (Lipinski definition) is 6. The van der Waals surface area contributed by atoms with Crippen LogP contribution < -0.4 is 20.1 Å². The predicted octanol–water partition coefficient (Wildman–Crippen LogP) is 4.93. The van der Waals surface area contributed by atoms with Crippen LogP contribution in [-0.2, 0) is 16.1 Å². The molecule has 0 bridgehead atoms. The van der Waals surface area contributed by atoms with E-state index >= 15 is 0 Å². The van der Waals surface area contributed by atoms with E-state index in [4.69, 9.17) is 14.2 Å². The molecule has 0 aliphatic carbocycles. The van der Waals surface area contributed by atoms with E-state index in [1.165, 1.54) is 0 Å². The Hall–Kier alpha value is -2.74. The van der Waals surface area contributed by atoms with Gasteiger partial charge in [-0.15, -0.1) is 0 Å². The summed E-state index contributed by atoms with van der Waals surface area (Å²) in [5.74, 6) is 0.516. The zero-order valence-electron chi connectivity index (χ0n) is 19.2. The minimum absolute atomic E-state index is 0.103. The van der Waals surface area contributed by atoms with Crippen LogP contribution in [0.25, 0.3) is 0 Å². The maximum atomic E-state index is 12.1. The average molecular weight is 507 g/mol. The van der Waals surface area contributed by atoms with Crippen LogP contribution in [0, 0.1) is 0 Å². The summed E-state index contributed by atoms with van der Waals surface area (Å²) in [5.41, 5.74) is 2.00. The van der Waals surface area contributed by atoms with Crippen LogP contribution >= 0.6 is 15.9 Å². The molecular formula is C24H31BrN2O5. The van der Waals surface area contributed by atoms with Gasteiger partial charge in [0.05, 0.1) is 18.8 Å². The highest BCUT2D eigenvalue weighted by atomic mass is 79.9. The van der Waals surface area contributed by atoms with E-state index in [2.05, 4.69) is 26.6 Å². The maximum Gasteiger partial charge on any atom is 0.338 e. The third-order valence-electron chi connectivity index (χ3n) is 4.16. The first kappa shape index (κ1) is 25.5. The number of amides is 1. The van der Waals surface area contributed by atoms with Gasteiger partial charge in [-0.1, -0.05) is 15.9 Å². The number of rotatable bonds is 10. The van der Waals surface area contributed by atoms with E-state index in [-0.39, 0.29) is 24.0 Å². The SMILES string of the molecule is CCOC(=O)c1ccc(NCc2cc(OCC)c(OCC(=O)NC(C)(C)C)cc2Br)cc1. The molecule has 0 aliphatic heterocycles. The van der Waals surface area contributed by atoms with Gasteiger partial charge in [0, 0.05) is 22.2 Å². The largest absolute Gasteiger partial charge is 0.490 e. The minimum Gasteiger partial charge on any atom is -0.490 e. The highest BCUT2D eigenvalue weighted by Crippen LogP contribution is 2.34. The fraction of sp³-hybridized carbons (Fsp3) is 0.417. The molecule has 2 rings (SSSR count). The quantitative estimate of drug-likeness (QED) is 0.444. The van der Waals surface area contributed by atoms with Crippen molar-refractivity contribution in [3.05, 3.63) is 52.0 Å². The Morgan fingerprint density at radius 1 is 0.969 bits per heavy atom. The second kappa shape index (κ2) is 11.8. The summed E-state index contributed by atoms with van der Waals surface area (Å²) in [6.07, 6.45) is 0. The summed E-state index contributed by atoms with van der Waals surface area (Å²) >= 11 is 3.57. The third-order valence-corrected chi connectivity index (χ3v) is 4.90. The van der Waals surface area contributed by atoms with Gasteiger partial charge in [0.1, 0.15) is 0 Å². The van der Waals surface area contributed by atoms with E-state index in [9.17, 15) is 9.59 Å². The fourth-order valence-corrected chi connectivity index (χ4v) is 3.29. The summed E-state index contributed by atoms with van der Waals surface area (Å²) in [4.78, 5) is 23.9. The molecule has 8 heteroatoms. The summed E-state index contributed by atoms with van der Waals surface area (Å²) in [6, 6.07) is 10.8. The van der Waals surface area contributed by atoms with Crippen molar-refractivity contribution in [2.45, 2.75) is 46.7 Å². The first-order valence-corrected chi connectivity index (χ1v) is 11.3. The lowest BCUT2D eigenvalue weighted by Crippen LogP contribution is -2.43. The molecule has 0 spiro atoms. The first-order chi connectivity index (χ1) is 15.1. The topological polar surface area (TPSA) is 85.9 Å². The van der Waals surface area contributed by atoms with Gasteiger partial charge in [-0.25, -0.2) is 4.79 Å². The van der Waals surface area contributed by atoms with Crippen LogP contribution in [0.1, 0.15) is 50.5 Å². The molecule has 7 nitrogen and oxygen atoms in total. The molecule has 0 heterocycles. The molecule has 0 radical (unpaired) electrons. The summed E-state index contributed by atoms with van der Waals surface area (Å²) < 4.78 is 17.3. The molecule has 0 atom stereocenters. The Morgan fingerprint density at radius 3 is 2.22 bits per heavy atom. The zero-order valence-corrected chi connectivity index (χ0v) is 20.8. The van der Waals surface area contributed by atoms with Crippen LogP contribution in [0.4, 0.5) is 5.69 Å². The van der Waals surface area contributed by atoms with Crippen molar-refractivity contribution in [2.75, 3.05) is 25.1 Å². The second-order valence-electron chi connectivity index (χ2n) is 8.06. The Bertz CT molecular complexity index is 923. The number of hydrogen-bond donors (Lipinski definition) is 2. The van der Waals surface area contributed by atoms with Crippen molar-refractivity contribution in [2.24, 2.45) is 0 Å². The van der Waals surface area contributed by atoms with E-state index in [0.29, 0.717) is 36.8 Å². The van der Waals surface area contributed by atoms with Crippen molar-refractivity contribution in [1.82, 2.24) is 5.32 Å². The molecule has 1 amide bonds. The maximum absolute atomic E-state index is 12.1. The highest BCUT2D eigenvalue weighted by Gasteiger charge is 2.16. The summed E-state index contributed by atoms with van der Waals surface area (Å²) in [7, 11) is 0. The Labute approximate surface area is 197 Å². The Morgan fingerprint density at radius 2 is 1.62 bits per heavy atom. The monoisotopic (exact) mass is 506 g/mol. The number of anilines is 1. The number of benzene rings is 2. The molecule has 0 unspecified atom stereocenters.